The number of nitrogens with two attached hydrogens (primary N) is 1. The van der Waals surface area contributed by atoms with E-state index in [-0.39, 0.29) is 0 Å². The number of rotatable bonds is 2. The Hall–Kier alpha value is -2.55. The molecular formula is C18H19N3. The Kier molecular flexibility index (Phi) is 3.26. The van der Waals surface area contributed by atoms with E-state index in [4.69, 9.17) is 10.8 Å². The molecule has 0 atom stereocenters. The van der Waals surface area contributed by atoms with Crippen LogP contribution in [0.3, 0.4) is 0 Å². The lowest BCUT2D eigenvalue weighted by Crippen LogP contribution is -1.98. The third-order valence-corrected chi connectivity index (χ3v) is 3.74. The lowest BCUT2D eigenvalue weighted by atomic mass is 10.1. The summed E-state index contributed by atoms with van der Waals surface area (Å²) < 4.78 is 1.87. The van der Waals surface area contributed by atoms with Crippen LogP contribution in [0, 0.1) is 20.8 Å². The minimum Gasteiger partial charge on any atom is -0.396 e. The monoisotopic (exact) mass is 277 g/mol. The molecule has 3 nitrogen and oxygen atoms in total. The zero-order valence-electron chi connectivity index (χ0n) is 12.6. The standard InChI is InChI=1S/C18H19N3/c1-12-8-9-17(14(3)10-12)21-11-16(19)18(20-21)15-7-5-4-6-13(15)2/h4-11H,19H2,1-3H3. The second-order valence-electron chi connectivity index (χ2n) is 5.48. The number of anilines is 1. The largest absolute Gasteiger partial charge is 0.396 e. The van der Waals surface area contributed by atoms with E-state index in [1.807, 2.05) is 23.0 Å². The molecule has 0 amide bonds. The van der Waals surface area contributed by atoms with Gasteiger partial charge >= 0.3 is 0 Å². The van der Waals surface area contributed by atoms with Crippen LogP contribution >= 0.6 is 0 Å². The van der Waals surface area contributed by atoms with Crippen LogP contribution < -0.4 is 5.73 Å². The van der Waals surface area contributed by atoms with Crippen molar-refractivity contribution in [3.63, 3.8) is 0 Å². The predicted molar refractivity (Wildman–Crippen MR) is 87.6 cm³/mol. The molecule has 3 aromatic rings. The Bertz CT molecular complexity index is 800. The Labute approximate surface area is 125 Å². The summed E-state index contributed by atoms with van der Waals surface area (Å²) >= 11 is 0. The summed E-state index contributed by atoms with van der Waals surface area (Å²) in [6.07, 6.45) is 1.89. The molecule has 1 aromatic heterocycles. The molecule has 0 bridgehead atoms. The van der Waals surface area contributed by atoms with Crippen LogP contribution in [0.2, 0.25) is 0 Å². The van der Waals surface area contributed by atoms with Crippen LogP contribution in [0.15, 0.2) is 48.7 Å². The fourth-order valence-corrected chi connectivity index (χ4v) is 2.62. The molecule has 0 saturated heterocycles. The Morgan fingerprint density at radius 3 is 2.43 bits per heavy atom. The highest BCUT2D eigenvalue weighted by atomic mass is 15.3. The Balaban J connectivity index is 2.12. The van der Waals surface area contributed by atoms with Crippen molar-refractivity contribution in [3.8, 4) is 16.9 Å². The van der Waals surface area contributed by atoms with Gasteiger partial charge in [-0.15, -0.1) is 0 Å². The third kappa shape index (κ3) is 2.42. The van der Waals surface area contributed by atoms with Crippen LogP contribution in [0.1, 0.15) is 16.7 Å². The van der Waals surface area contributed by atoms with E-state index in [1.54, 1.807) is 0 Å². The van der Waals surface area contributed by atoms with E-state index >= 15 is 0 Å². The highest BCUT2D eigenvalue weighted by Crippen LogP contribution is 2.28. The molecule has 2 aromatic carbocycles. The van der Waals surface area contributed by atoms with Crippen LogP contribution in [0.4, 0.5) is 5.69 Å². The molecule has 1 heterocycles. The Morgan fingerprint density at radius 1 is 0.952 bits per heavy atom. The second-order valence-corrected chi connectivity index (χ2v) is 5.48. The molecule has 106 valence electrons. The van der Waals surface area contributed by atoms with Crippen molar-refractivity contribution in [1.82, 2.24) is 9.78 Å². The van der Waals surface area contributed by atoms with E-state index in [0.717, 1.165) is 16.9 Å². The van der Waals surface area contributed by atoms with Gasteiger partial charge in [0, 0.05) is 5.56 Å². The third-order valence-electron chi connectivity index (χ3n) is 3.74. The summed E-state index contributed by atoms with van der Waals surface area (Å²) in [5, 5.41) is 4.69. The van der Waals surface area contributed by atoms with Gasteiger partial charge in [0.15, 0.2) is 0 Å². The van der Waals surface area contributed by atoms with Crippen LogP contribution in [0.5, 0.6) is 0 Å². The van der Waals surface area contributed by atoms with Gasteiger partial charge in [0.2, 0.25) is 0 Å². The first-order chi connectivity index (χ1) is 10.1. The normalized spacial score (nSPS) is 10.8. The number of aromatic nitrogens is 2. The Morgan fingerprint density at radius 2 is 1.71 bits per heavy atom. The predicted octanol–water partition coefficient (Wildman–Crippen LogP) is 4.05. The number of hydrogen-bond acceptors (Lipinski definition) is 2. The van der Waals surface area contributed by atoms with Gasteiger partial charge in [-0.1, -0.05) is 42.0 Å². The molecule has 0 saturated carbocycles. The van der Waals surface area contributed by atoms with Gasteiger partial charge in [0.05, 0.1) is 17.6 Å². The van der Waals surface area contributed by atoms with Crippen LogP contribution in [0.25, 0.3) is 16.9 Å². The first-order valence-corrected chi connectivity index (χ1v) is 7.05. The number of aryl methyl sites for hydroxylation is 3. The van der Waals surface area contributed by atoms with E-state index in [0.29, 0.717) is 5.69 Å². The van der Waals surface area contributed by atoms with Crippen molar-refractivity contribution < 1.29 is 0 Å². The van der Waals surface area contributed by atoms with Gasteiger partial charge in [-0.2, -0.15) is 5.10 Å². The maximum atomic E-state index is 6.18. The number of nitrogens with zero attached hydrogens (tertiary/aromatic N) is 2. The van der Waals surface area contributed by atoms with Gasteiger partial charge in [-0.3, -0.25) is 0 Å². The molecule has 21 heavy (non-hydrogen) atoms. The summed E-state index contributed by atoms with van der Waals surface area (Å²) in [6.45, 7) is 6.26. The zero-order valence-corrected chi connectivity index (χ0v) is 12.6. The van der Waals surface area contributed by atoms with Gasteiger partial charge in [0.1, 0.15) is 5.69 Å². The van der Waals surface area contributed by atoms with Crippen LogP contribution in [-0.4, -0.2) is 9.78 Å². The lowest BCUT2D eigenvalue weighted by Gasteiger charge is -2.07. The minimum atomic E-state index is 0.698. The van der Waals surface area contributed by atoms with Gasteiger partial charge < -0.3 is 5.73 Å². The summed E-state index contributed by atoms with van der Waals surface area (Å²) in [4.78, 5) is 0. The van der Waals surface area contributed by atoms with Crippen molar-refractivity contribution in [2.24, 2.45) is 0 Å². The fourth-order valence-electron chi connectivity index (χ4n) is 2.62. The average Bonchev–Trinajstić information content (AvgIpc) is 2.81. The number of benzene rings is 2. The molecule has 0 radical (unpaired) electrons. The summed E-state index contributed by atoms with van der Waals surface area (Å²) in [5.74, 6) is 0. The first-order valence-electron chi connectivity index (χ1n) is 7.05. The minimum absolute atomic E-state index is 0.698. The van der Waals surface area contributed by atoms with E-state index in [1.165, 1.54) is 16.7 Å². The van der Waals surface area contributed by atoms with E-state index in [2.05, 4.69) is 51.1 Å². The topological polar surface area (TPSA) is 43.8 Å². The van der Waals surface area contributed by atoms with E-state index < -0.39 is 0 Å². The summed E-state index contributed by atoms with van der Waals surface area (Å²) in [5.41, 5.74) is 13.5. The van der Waals surface area contributed by atoms with Gasteiger partial charge in [-0.05, 0) is 38.0 Å². The van der Waals surface area contributed by atoms with Crippen molar-refractivity contribution in [2.45, 2.75) is 20.8 Å². The SMILES string of the molecule is Cc1ccc(-n2cc(N)c(-c3ccccc3C)n2)c(C)c1. The molecule has 3 heteroatoms. The zero-order chi connectivity index (χ0) is 15.0. The smallest absolute Gasteiger partial charge is 0.116 e. The van der Waals surface area contributed by atoms with Gasteiger partial charge in [0.25, 0.3) is 0 Å². The summed E-state index contributed by atoms with van der Waals surface area (Å²) in [7, 11) is 0. The maximum absolute atomic E-state index is 6.18. The van der Waals surface area contributed by atoms with Crippen molar-refractivity contribution in [1.29, 1.82) is 0 Å². The number of hydrogen-bond donors (Lipinski definition) is 1. The molecule has 2 N–H and O–H groups in total. The molecule has 0 fully saturated rings. The molecule has 0 aliphatic rings. The maximum Gasteiger partial charge on any atom is 0.116 e. The average molecular weight is 277 g/mol. The lowest BCUT2D eigenvalue weighted by molar-refractivity contribution is 0.875. The van der Waals surface area contributed by atoms with E-state index in [9.17, 15) is 0 Å². The molecule has 0 aliphatic heterocycles. The highest BCUT2D eigenvalue weighted by Gasteiger charge is 2.12. The fraction of sp³-hybridized carbons (Fsp3) is 0.167. The van der Waals surface area contributed by atoms with Crippen LogP contribution in [-0.2, 0) is 0 Å². The summed E-state index contributed by atoms with van der Waals surface area (Å²) in [6, 6.07) is 14.5. The first kappa shape index (κ1) is 13.4. The molecular weight excluding hydrogens is 258 g/mol. The van der Waals surface area contributed by atoms with Crippen molar-refractivity contribution in [2.75, 3.05) is 5.73 Å². The van der Waals surface area contributed by atoms with Crippen molar-refractivity contribution >= 4 is 5.69 Å². The molecule has 0 unspecified atom stereocenters. The van der Waals surface area contributed by atoms with Gasteiger partial charge in [-0.25, -0.2) is 4.68 Å². The quantitative estimate of drug-likeness (QED) is 0.768. The number of nitrogen functional groups attached to an aromatic ring is 1. The second kappa shape index (κ2) is 5.09. The molecule has 0 spiro atoms. The molecule has 3 rings (SSSR count). The molecule has 0 aliphatic carbocycles. The van der Waals surface area contributed by atoms with Crippen molar-refractivity contribution in [3.05, 3.63) is 65.4 Å². The highest BCUT2D eigenvalue weighted by molar-refractivity contribution is 5.74.